The maximum Gasteiger partial charge on any atom is 0.354 e. The molecule has 1 aliphatic carbocycles. The molecule has 0 bridgehead atoms. The summed E-state index contributed by atoms with van der Waals surface area (Å²) in [6, 6.07) is 3.05. The third kappa shape index (κ3) is 3.35. The molecule has 2 N–H and O–H groups in total. The van der Waals surface area contributed by atoms with Crippen LogP contribution in [0.25, 0.3) is 0 Å². The number of rotatable bonds is 3. The lowest BCUT2D eigenvalue weighted by atomic mass is 9.79. The van der Waals surface area contributed by atoms with Gasteiger partial charge in [-0.3, -0.25) is 4.79 Å². The van der Waals surface area contributed by atoms with E-state index >= 15 is 0 Å². The van der Waals surface area contributed by atoms with Gasteiger partial charge in [-0.1, -0.05) is 13.8 Å². The SMILES string of the molecule is CC1CCC(NC(=O)c2ccc(C(=O)O)nc2)CC1C. The first-order chi connectivity index (χ1) is 9.47. The van der Waals surface area contributed by atoms with Crippen LogP contribution in [0.1, 0.15) is 54.0 Å². The van der Waals surface area contributed by atoms with E-state index in [-0.39, 0.29) is 17.6 Å². The van der Waals surface area contributed by atoms with Gasteiger partial charge in [0.15, 0.2) is 0 Å². The molecule has 1 aromatic rings. The molecule has 108 valence electrons. The zero-order valence-electron chi connectivity index (χ0n) is 11.8. The maximum absolute atomic E-state index is 12.1. The standard InChI is InChI=1S/C15H20N2O3/c1-9-3-5-12(7-10(9)2)17-14(18)11-4-6-13(15(19)20)16-8-11/h4,6,8-10,12H,3,5,7H2,1-2H3,(H,17,18)(H,19,20). The van der Waals surface area contributed by atoms with Gasteiger partial charge in [-0.15, -0.1) is 0 Å². The highest BCUT2D eigenvalue weighted by Gasteiger charge is 2.25. The van der Waals surface area contributed by atoms with Crippen molar-refractivity contribution >= 4 is 11.9 Å². The van der Waals surface area contributed by atoms with Crippen LogP contribution in [0.15, 0.2) is 18.3 Å². The van der Waals surface area contributed by atoms with Crippen LogP contribution < -0.4 is 5.32 Å². The van der Waals surface area contributed by atoms with Gasteiger partial charge in [0.25, 0.3) is 5.91 Å². The molecule has 1 aromatic heterocycles. The van der Waals surface area contributed by atoms with Crippen LogP contribution in [0.3, 0.4) is 0 Å². The number of carboxylic acids is 1. The molecule has 0 radical (unpaired) electrons. The van der Waals surface area contributed by atoms with Crippen LogP contribution in [0.5, 0.6) is 0 Å². The summed E-state index contributed by atoms with van der Waals surface area (Å²) < 4.78 is 0. The third-order valence-electron chi connectivity index (χ3n) is 4.18. The van der Waals surface area contributed by atoms with Crippen molar-refractivity contribution in [1.82, 2.24) is 10.3 Å². The molecule has 20 heavy (non-hydrogen) atoms. The fourth-order valence-corrected chi connectivity index (χ4v) is 2.60. The molecule has 0 aliphatic heterocycles. The second-order valence-corrected chi connectivity index (χ2v) is 5.68. The summed E-state index contributed by atoms with van der Waals surface area (Å²) in [4.78, 5) is 26.5. The van der Waals surface area contributed by atoms with Crippen LogP contribution >= 0.6 is 0 Å². The highest BCUT2D eigenvalue weighted by atomic mass is 16.4. The van der Waals surface area contributed by atoms with Gasteiger partial charge in [-0.05, 0) is 43.2 Å². The molecule has 1 amide bonds. The van der Waals surface area contributed by atoms with Crippen LogP contribution in [0.2, 0.25) is 0 Å². The number of hydrogen-bond donors (Lipinski definition) is 2. The molecule has 3 atom stereocenters. The van der Waals surface area contributed by atoms with Gasteiger partial charge in [0, 0.05) is 12.2 Å². The van der Waals surface area contributed by atoms with Crippen LogP contribution in [0, 0.1) is 11.8 Å². The quantitative estimate of drug-likeness (QED) is 0.888. The third-order valence-corrected chi connectivity index (χ3v) is 4.18. The first-order valence-electron chi connectivity index (χ1n) is 6.97. The Hall–Kier alpha value is -1.91. The summed E-state index contributed by atoms with van der Waals surface area (Å²) in [5.41, 5.74) is 0.350. The lowest BCUT2D eigenvalue weighted by Crippen LogP contribution is -2.39. The van der Waals surface area contributed by atoms with Gasteiger partial charge >= 0.3 is 5.97 Å². The van der Waals surface area contributed by atoms with Crippen LogP contribution in [-0.4, -0.2) is 28.0 Å². The number of carboxylic acid groups (broad SMARTS) is 1. The van der Waals surface area contributed by atoms with Crippen molar-refractivity contribution in [2.75, 3.05) is 0 Å². The van der Waals surface area contributed by atoms with Gasteiger partial charge in [0.1, 0.15) is 5.69 Å². The predicted molar refractivity (Wildman–Crippen MR) is 74.6 cm³/mol. The summed E-state index contributed by atoms with van der Waals surface area (Å²) in [5.74, 6) is 0.0504. The second-order valence-electron chi connectivity index (χ2n) is 5.68. The Kier molecular flexibility index (Phi) is 4.37. The number of nitrogens with zero attached hydrogens (tertiary/aromatic N) is 1. The van der Waals surface area contributed by atoms with Gasteiger partial charge < -0.3 is 10.4 Å². The minimum Gasteiger partial charge on any atom is -0.477 e. The molecule has 3 unspecified atom stereocenters. The van der Waals surface area contributed by atoms with E-state index in [0.29, 0.717) is 17.4 Å². The van der Waals surface area contributed by atoms with Crippen LogP contribution in [-0.2, 0) is 0 Å². The van der Waals surface area contributed by atoms with Crippen molar-refractivity contribution in [1.29, 1.82) is 0 Å². The van der Waals surface area contributed by atoms with Gasteiger partial charge in [-0.2, -0.15) is 0 Å². The molecule has 2 rings (SSSR count). The number of amides is 1. The molecular weight excluding hydrogens is 256 g/mol. The molecule has 5 nitrogen and oxygen atoms in total. The molecule has 0 aromatic carbocycles. The van der Waals surface area contributed by atoms with Crippen molar-refractivity contribution in [3.63, 3.8) is 0 Å². The summed E-state index contributed by atoms with van der Waals surface area (Å²) >= 11 is 0. The van der Waals surface area contributed by atoms with Crippen molar-refractivity contribution in [3.05, 3.63) is 29.6 Å². The van der Waals surface area contributed by atoms with E-state index in [4.69, 9.17) is 5.11 Å². The van der Waals surface area contributed by atoms with E-state index in [0.717, 1.165) is 19.3 Å². The molecule has 0 saturated heterocycles. The minimum absolute atomic E-state index is 0.0540. The van der Waals surface area contributed by atoms with Crippen LogP contribution in [0.4, 0.5) is 0 Å². The molecular formula is C15H20N2O3. The Balaban J connectivity index is 1.96. The van der Waals surface area contributed by atoms with Gasteiger partial charge in [-0.25, -0.2) is 9.78 Å². The van der Waals surface area contributed by atoms with Crippen molar-refractivity contribution in [2.24, 2.45) is 11.8 Å². The van der Waals surface area contributed by atoms with Crippen molar-refractivity contribution in [3.8, 4) is 0 Å². The number of nitrogens with one attached hydrogen (secondary N) is 1. The van der Waals surface area contributed by atoms with Gasteiger partial charge in [0.2, 0.25) is 0 Å². The molecule has 1 heterocycles. The second kappa shape index (κ2) is 6.03. The summed E-state index contributed by atoms with van der Waals surface area (Å²) in [6.07, 6.45) is 4.43. The summed E-state index contributed by atoms with van der Waals surface area (Å²) in [5, 5.41) is 11.8. The zero-order valence-corrected chi connectivity index (χ0v) is 11.8. The molecule has 1 aliphatic rings. The number of carbonyl (C=O) groups is 2. The maximum atomic E-state index is 12.1. The topological polar surface area (TPSA) is 79.3 Å². The first-order valence-corrected chi connectivity index (χ1v) is 6.97. The molecule has 0 spiro atoms. The Morgan fingerprint density at radius 1 is 1.25 bits per heavy atom. The van der Waals surface area contributed by atoms with E-state index in [9.17, 15) is 9.59 Å². The monoisotopic (exact) mass is 276 g/mol. The number of carbonyl (C=O) groups excluding carboxylic acids is 1. The highest BCUT2D eigenvalue weighted by Crippen LogP contribution is 2.29. The number of aromatic nitrogens is 1. The van der Waals surface area contributed by atoms with E-state index < -0.39 is 5.97 Å². The van der Waals surface area contributed by atoms with E-state index in [2.05, 4.69) is 24.1 Å². The normalized spacial score (nSPS) is 26.0. The minimum atomic E-state index is -1.09. The summed E-state index contributed by atoms with van der Waals surface area (Å²) in [7, 11) is 0. The average Bonchev–Trinajstić information content (AvgIpc) is 2.43. The molecule has 1 fully saturated rings. The van der Waals surface area contributed by atoms with Gasteiger partial charge in [0.05, 0.1) is 5.56 Å². The highest BCUT2D eigenvalue weighted by molar-refractivity contribution is 5.95. The predicted octanol–water partition coefficient (Wildman–Crippen LogP) is 2.33. The molecule has 1 saturated carbocycles. The lowest BCUT2D eigenvalue weighted by Gasteiger charge is -2.32. The number of hydrogen-bond acceptors (Lipinski definition) is 3. The molecule has 5 heteroatoms. The zero-order chi connectivity index (χ0) is 14.7. The van der Waals surface area contributed by atoms with Crippen molar-refractivity contribution in [2.45, 2.75) is 39.2 Å². The van der Waals surface area contributed by atoms with Crippen molar-refractivity contribution < 1.29 is 14.7 Å². The van der Waals surface area contributed by atoms with E-state index in [1.165, 1.54) is 18.3 Å². The smallest absolute Gasteiger partial charge is 0.354 e. The largest absolute Gasteiger partial charge is 0.477 e. The Morgan fingerprint density at radius 2 is 2.00 bits per heavy atom. The first kappa shape index (κ1) is 14.5. The number of pyridine rings is 1. The lowest BCUT2D eigenvalue weighted by molar-refractivity contribution is 0.0689. The van der Waals surface area contributed by atoms with E-state index in [1.54, 1.807) is 0 Å². The Bertz CT molecular complexity index is 498. The fourth-order valence-electron chi connectivity index (χ4n) is 2.60. The van der Waals surface area contributed by atoms with E-state index in [1.807, 2.05) is 0 Å². The Morgan fingerprint density at radius 3 is 2.55 bits per heavy atom. The Labute approximate surface area is 118 Å². The average molecular weight is 276 g/mol. The number of aromatic carboxylic acids is 1. The fraction of sp³-hybridized carbons (Fsp3) is 0.533. The summed E-state index contributed by atoms with van der Waals surface area (Å²) in [6.45, 7) is 4.46.